The Balaban J connectivity index is 2.14. The van der Waals surface area contributed by atoms with Crippen molar-refractivity contribution in [3.05, 3.63) is 0 Å². The zero-order valence-electron chi connectivity index (χ0n) is 6.17. The normalized spacial score (nSPS) is 17.1. The molecule has 0 aliphatic carbocycles. The number of hydrogen-bond acceptors (Lipinski definition) is 4. The summed E-state index contributed by atoms with van der Waals surface area (Å²) in [6.45, 7) is 1.59. The van der Waals surface area contributed by atoms with Gasteiger partial charge in [0.1, 0.15) is 12.3 Å². The van der Waals surface area contributed by atoms with Gasteiger partial charge in [-0.1, -0.05) is 0 Å². The van der Waals surface area contributed by atoms with E-state index in [2.05, 4.69) is 0 Å². The molecule has 0 saturated carbocycles. The molecule has 0 aromatic rings. The van der Waals surface area contributed by atoms with Crippen molar-refractivity contribution in [1.82, 2.24) is 5.06 Å². The molecule has 62 valence electrons. The van der Waals surface area contributed by atoms with Crippen molar-refractivity contribution in [2.75, 3.05) is 13.1 Å². The van der Waals surface area contributed by atoms with Crippen LogP contribution >= 0.6 is 0 Å². The Kier molecular flexibility index (Phi) is 2.43. The second-order valence-electron chi connectivity index (χ2n) is 2.45. The summed E-state index contributed by atoms with van der Waals surface area (Å²) in [6, 6.07) is 0. The standard InChI is InChI=1S/C6H11N3O2/c7-5(8)4-6(10)11-9-2-1-3-9/h1-4H2,(H3,7,8). The molecule has 5 nitrogen and oxygen atoms in total. The lowest BCUT2D eigenvalue weighted by Crippen LogP contribution is -2.39. The minimum atomic E-state index is -0.447. The van der Waals surface area contributed by atoms with Crippen molar-refractivity contribution < 1.29 is 9.63 Å². The number of nitrogens with one attached hydrogen (secondary N) is 1. The average Bonchev–Trinajstić information content (AvgIpc) is 1.77. The summed E-state index contributed by atoms with van der Waals surface area (Å²) in [5.41, 5.74) is 4.99. The van der Waals surface area contributed by atoms with Crippen LogP contribution in [0.1, 0.15) is 12.8 Å². The second-order valence-corrected chi connectivity index (χ2v) is 2.45. The van der Waals surface area contributed by atoms with Crippen LogP contribution in [-0.2, 0) is 9.63 Å². The van der Waals surface area contributed by atoms with Gasteiger partial charge in [-0.05, 0) is 6.42 Å². The van der Waals surface area contributed by atoms with E-state index in [0.29, 0.717) is 0 Å². The van der Waals surface area contributed by atoms with E-state index >= 15 is 0 Å². The van der Waals surface area contributed by atoms with Gasteiger partial charge in [-0.25, -0.2) is 4.79 Å². The van der Waals surface area contributed by atoms with E-state index in [1.807, 2.05) is 0 Å². The lowest BCUT2D eigenvalue weighted by molar-refractivity contribution is -0.205. The van der Waals surface area contributed by atoms with E-state index in [1.165, 1.54) is 0 Å². The van der Waals surface area contributed by atoms with E-state index in [-0.39, 0.29) is 12.3 Å². The maximum atomic E-state index is 10.8. The number of amidine groups is 1. The van der Waals surface area contributed by atoms with E-state index in [1.54, 1.807) is 5.06 Å². The van der Waals surface area contributed by atoms with Crippen LogP contribution in [0, 0.1) is 5.41 Å². The van der Waals surface area contributed by atoms with Gasteiger partial charge in [-0.2, -0.15) is 0 Å². The van der Waals surface area contributed by atoms with Gasteiger partial charge in [0.2, 0.25) is 0 Å². The molecule has 0 aromatic heterocycles. The Morgan fingerprint density at radius 2 is 2.27 bits per heavy atom. The number of nitrogens with zero attached hydrogens (tertiary/aromatic N) is 1. The molecule has 0 unspecified atom stereocenters. The molecule has 0 spiro atoms. The fourth-order valence-corrected chi connectivity index (χ4v) is 0.710. The van der Waals surface area contributed by atoms with Crippen molar-refractivity contribution in [2.24, 2.45) is 5.73 Å². The Morgan fingerprint density at radius 3 is 2.64 bits per heavy atom. The summed E-state index contributed by atoms with van der Waals surface area (Å²) in [5.74, 6) is -0.604. The summed E-state index contributed by atoms with van der Waals surface area (Å²) >= 11 is 0. The van der Waals surface area contributed by atoms with Crippen LogP contribution in [0.15, 0.2) is 0 Å². The van der Waals surface area contributed by atoms with E-state index in [4.69, 9.17) is 16.0 Å². The number of carbonyl (C=O) groups is 1. The Hall–Kier alpha value is -1.10. The SMILES string of the molecule is N=C(N)CC(=O)ON1CCC1. The first-order chi connectivity index (χ1) is 5.18. The fraction of sp³-hybridized carbons (Fsp3) is 0.667. The molecule has 0 amide bonds. The third-order valence-electron chi connectivity index (χ3n) is 1.38. The second kappa shape index (κ2) is 3.34. The highest BCUT2D eigenvalue weighted by Gasteiger charge is 2.18. The van der Waals surface area contributed by atoms with Gasteiger partial charge in [0.15, 0.2) is 0 Å². The zero-order chi connectivity index (χ0) is 8.27. The van der Waals surface area contributed by atoms with Gasteiger partial charge in [-0.3, -0.25) is 5.41 Å². The summed E-state index contributed by atoms with van der Waals surface area (Å²) in [5, 5.41) is 8.36. The van der Waals surface area contributed by atoms with Gasteiger partial charge in [0.25, 0.3) is 0 Å². The van der Waals surface area contributed by atoms with Crippen molar-refractivity contribution >= 4 is 11.8 Å². The summed E-state index contributed by atoms with van der Waals surface area (Å²) in [4.78, 5) is 15.5. The molecule has 1 fully saturated rings. The lowest BCUT2D eigenvalue weighted by Gasteiger charge is -2.28. The number of hydroxylamine groups is 2. The highest BCUT2D eigenvalue weighted by molar-refractivity contribution is 5.94. The van der Waals surface area contributed by atoms with Crippen molar-refractivity contribution in [3.8, 4) is 0 Å². The lowest BCUT2D eigenvalue weighted by atomic mass is 10.3. The van der Waals surface area contributed by atoms with Gasteiger partial charge >= 0.3 is 5.97 Å². The minimum absolute atomic E-state index is 0.115. The highest BCUT2D eigenvalue weighted by atomic mass is 16.7. The van der Waals surface area contributed by atoms with Crippen molar-refractivity contribution in [1.29, 1.82) is 5.41 Å². The third-order valence-corrected chi connectivity index (χ3v) is 1.38. The van der Waals surface area contributed by atoms with Crippen molar-refractivity contribution in [2.45, 2.75) is 12.8 Å². The van der Waals surface area contributed by atoms with Crippen LogP contribution in [0.5, 0.6) is 0 Å². The van der Waals surface area contributed by atoms with Crippen LogP contribution in [0.3, 0.4) is 0 Å². The maximum absolute atomic E-state index is 10.8. The number of hydrogen-bond donors (Lipinski definition) is 2. The van der Waals surface area contributed by atoms with Gasteiger partial charge in [0.05, 0.1) is 0 Å². The van der Waals surface area contributed by atoms with Gasteiger partial charge in [-0.15, -0.1) is 5.06 Å². The van der Waals surface area contributed by atoms with Crippen LogP contribution in [0.4, 0.5) is 0 Å². The summed E-state index contributed by atoms with van der Waals surface area (Å²) in [6.07, 6.45) is 0.948. The monoisotopic (exact) mass is 157 g/mol. The first kappa shape index (κ1) is 8.00. The van der Waals surface area contributed by atoms with Crippen LogP contribution in [-0.4, -0.2) is 30.0 Å². The average molecular weight is 157 g/mol. The Labute approximate surface area is 64.6 Å². The molecule has 1 aliphatic rings. The maximum Gasteiger partial charge on any atom is 0.332 e. The molecule has 0 radical (unpaired) electrons. The number of rotatable bonds is 3. The Morgan fingerprint density at radius 1 is 1.64 bits per heavy atom. The molecule has 0 aromatic carbocycles. The zero-order valence-corrected chi connectivity index (χ0v) is 6.17. The molecule has 3 N–H and O–H groups in total. The smallest absolute Gasteiger partial charge is 0.332 e. The molecule has 1 aliphatic heterocycles. The molecule has 1 saturated heterocycles. The minimum Gasteiger partial charge on any atom is -0.387 e. The molecule has 1 rings (SSSR count). The van der Waals surface area contributed by atoms with Crippen LogP contribution < -0.4 is 5.73 Å². The largest absolute Gasteiger partial charge is 0.387 e. The van der Waals surface area contributed by atoms with E-state index in [0.717, 1.165) is 19.5 Å². The molecular weight excluding hydrogens is 146 g/mol. The first-order valence-electron chi connectivity index (χ1n) is 3.47. The Bertz CT molecular complexity index is 177. The molecule has 5 heteroatoms. The topological polar surface area (TPSA) is 79.4 Å². The van der Waals surface area contributed by atoms with E-state index < -0.39 is 5.97 Å². The molecule has 1 heterocycles. The molecular formula is C6H11N3O2. The van der Waals surface area contributed by atoms with Crippen LogP contribution in [0.2, 0.25) is 0 Å². The molecule has 11 heavy (non-hydrogen) atoms. The first-order valence-corrected chi connectivity index (χ1v) is 3.47. The van der Waals surface area contributed by atoms with Gasteiger partial charge < -0.3 is 10.6 Å². The van der Waals surface area contributed by atoms with Gasteiger partial charge in [0, 0.05) is 13.1 Å². The molecule has 0 atom stereocenters. The van der Waals surface area contributed by atoms with E-state index in [9.17, 15) is 4.79 Å². The predicted molar refractivity (Wildman–Crippen MR) is 38.8 cm³/mol. The fourth-order valence-electron chi connectivity index (χ4n) is 0.710. The third kappa shape index (κ3) is 2.55. The molecule has 0 bridgehead atoms. The summed E-state index contributed by atoms with van der Waals surface area (Å²) < 4.78 is 0. The summed E-state index contributed by atoms with van der Waals surface area (Å²) in [7, 11) is 0. The number of carbonyl (C=O) groups excluding carboxylic acids is 1. The number of nitrogens with two attached hydrogens (primary N) is 1. The van der Waals surface area contributed by atoms with Crippen molar-refractivity contribution in [3.63, 3.8) is 0 Å². The highest BCUT2D eigenvalue weighted by Crippen LogP contribution is 2.06. The predicted octanol–water partition coefficient (Wildman–Crippen LogP) is -0.524. The van der Waals surface area contributed by atoms with Crippen LogP contribution in [0.25, 0.3) is 0 Å². The quantitative estimate of drug-likeness (QED) is 0.426.